The molecule has 0 radical (unpaired) electrons. The molecular weight excluding hydrogens is 367 g/mol. The van der Waals surface area contributed by atoms with Crippen molar-refractivity contribution in [2.45, 2.75) is 0 Å². The number of hydrogen-bond donors (Lipinski definition) is 2. The average Bonchev–Trinajstić information content (AvgIpc) is 2.65. The largest absolute Gasteiger partial charge is 0.277 e. The summed E-state index contributed by atoms with van der Waals surface area (Å²) in [5.41, 5.74) is 9.24. The highest BCUT2D eigenvalue weighted by molar-refractivity contribution is 6.33. The number of halogens is 2. The third-order valence-electron chi connectivity index (χ3n) is 3.46. The van der Waals surface area contributed by atoms with Gasteiger partial charge in [0.25, 0.3) is 0 Å². The molecule has 130 valence electrons. The quantitative estimate of drug-likeness (QED) is 0.412. The van der Waals surface area contributed by atoms with Crippen LogP contribution in [0.2, 0.25) is 10.0 Å². The predicted molar refractivity (Wildman–Crippen MR) is 112 cm³/mol. The highest BCUT2D eigenvalue weighted by Crippen LogP contribution is 2.21. The van der Waals surface area contributed by atoms with Crippen molar-refractivity contribution in [2.24, 2.45) is 10.2 Å². The fourth-order valence-electron chi connectivity index (χ4n) is 2.18. The van der Waals surface area contributed by atoms with Gasteiger partial charge in [-0.2, -0.15) is 10.2 Å². The Morgan fingerprint density at radius 3 is 1.54 bits per heavy atom. The highest BCUT2D eigenvalue weighted by Gasteiger charge is 1.97. The first kappa shape index (κ1) is 18.0. The molecule has 0 saturated carbocycles. The Morgan fingerprint density at radius 2 is 1.08 bits per heavy atom. The molecular formula is C20H16Cl2N4. The van der Waals surface area contributed by atoms with Gasteiger partial charge < -0.3 is 0 Å². The number of hydrogen-bond acceptors (Lipinski definition) is 4. The van der Waals surface area contributed by atoms with Gasteiger partial charge in [-0.15, -0.1) is 0 Å². The molecule has 0 amide bonds. The number of nitrogens with zero attached hydrogens (tertiary/aromatic N) is 2. The smallest absolute Gasteiger partial charge is 0.0748 e. The summed E-state index contributed by atoms with van der Waals surface area (Å²) in [4.78, 5) is 0. The van der Waals surface area contributed by atoms with E-state index in [9.17, 15) is 0 Å². The van der Waals surface area contributed by atoms with Crippen LogP contribution >= 0.6 is 23.2 Å². The van der Waals surface area contributed by atoms with Crippen molar-refractivity contribution in [3.63, 3.8) is 0 Å². The standard InChI is InChI=1S/C20H16Cl2N4/c21-17-8-1-3-10-19(17)25-23-13-15-6-5-7-16(12-15)14-24-26-20-11-4-2-9-18(20)22/h1-14,25-26H/b23-13+,24-14+. The van der Waals surface area contributed by atoms with Crippen LogP contribution < -0.4 is 10.9 Å². The zero-order chi connectivity index (χ0) is 18.2. The molecule has 6 heteroatoms. The second-order valence-corrected chi connectivity index (χ2v) is 6.18. The first-order chi connectivity index (χ1) is 12.7. The Morgan fingerprint density at radius 1 is 0.615 bits per heavy atom. The van der Waals surface area contributed by atoms with E-state index in [0.29, 0.717) is 10.0 Å². The van der Waals surface area contributed by atoms with Crippen molar-refractivity contribution in [3.05, 3.63) is 94.0 Å². The van der Waals surface area contributed by atoms with Crippen molar-refractivity contribution in [1.29, 1.82) is 0 Å². The van der Waals surface area contributed by atoms with Crippen molar-refractivity contribution >= 4 is 47.0 Å². The van der Waals surface area contributed by atoms with E-state index in [4.69, 9.17) is 23.2 Å². The van der Waals surface area contributed by atoms with Gasteiger partial charge in [0.05, 0.1) is 33.8 Å². The van der Waals surface area contributed by atoms with Crippen LogP contribution in [0.25, 0.3) is 0 Å². The summed E-state index contributed by atoms with van der Waals surface area (Å²) in [6.45, 7) is 0. The normalized spacial score (nSPS) is 11.2. The van der Waals surface area contributed by atoms with Gasteiger partial charge in [0, 0.05) is 0 Å². The second-order valence-electron chi connectivity index (χ2n) is 5.37. The summed E-state index contributed by atoms with van der Waals surface area (Å²) in [5.74, 6) is 0. The summed E-state index contributed by atoms with van der Waals surface area (Å²) < 4.78 is 0. The number of para-hydroxylation sites is 2. The summed E-state index contributed by atoms with van der Waals surface area (Å²) in [6, 6.07) is 22.7. The molecule has 3 aromatic carbocycles. The summed E-state index contributed by atoms with van der Waals surface area (Å²) in [7, 11) is 0. The zero-order valence-corrected chi connectivity index (χ0v) is 15.2. The molecule has 0 aliphatic heterocycles. The molecule has 3 rings (SSSR count). The summed E-state index contributed by atoms with van der Waals surface area (Å²) in [5, 5.41) is 9.68. The molecule has 0 saturated heterocycles. The SMILES string of the molecule is Clc1ccccc1N/N=C/c1cccc(/C=N/Nc2ccccc2Cl)c1. The maximum Gasteiger partial charge on any atom is 0.0748 e. The number of hydrazone groups is 2. The molecule has 0 unspecified atom stereocenters. The van der Waals surface area contributed by atoms with Gasteiger partial charge in [-0.25, -0.2) is 0 Å². The Bertz CT molecular complexity index is 866. The minimum atomic E-state index is 0.621. The van der Waals surface area contributed by atoms with Crippen LogP contribution in [0.5, 0.6) is 0 Å². The molecule has 3 aromatic rings. The number of nitrogens with one attached hydrogen (secondary N) is 2. The Labute approximate surface area is 162 Å². The van der Waals surface area contributed by atoms with E-state index in [0.717, 1.165) is 22.5 Å². The van der Waals surface area contributed by atoms with E-state index in [1.807, 2.05) is 72.8 Å². The summed E-state index contributed by atoms with van der Waals surface area (Å²) >= 11 is 12.2. The van der Waals surface area contributed by atoms with Gasteiger partial charge in [0.2, 0.25) is 0 Å². The van der Waals surface area contributed by atoms with Crippen LogP contribution in [0, 0.1) is 0 Å². The molecule has 2 N–H and O–H groups in total. The molecule has 4 nitrogen and oxygen atoms in total. The van der Waals surface area contributed by atoms with Crippen LogP contribution in [0.4, 0.5) is 11.4 Å². The molecule has 0 fully saturated rings. The number of benzene rings is 3. The van der Waals surface area contributed by atoms with E-state index in [1.54, 1.807) is 12.4 Å². The van der Waals surface area contributed by atoms with E-state index in [2.05, 4.69) is 21.1 Å². The predicted octanol–water partition coefficient (Wildman–Crippen LogP) is 5.89. The maximum absolute atomic E-state index is 6.08. The minimum Gasteiger partial charge on any atom is -0.277 e. The molecule has 26 heavy (non-hydrogen) atoms. The molecule has 0 heterocycles. The average molecular weight is 383 g/mol. The van der Waals surface area contributed by atoms with Gasteiger partial charge in [0.15, 0.2) is 0 Å². The molecule has 0 atom stereocenters. The van der Waals surface area contributed by atoms with Crippen molar-refractivity contribution < 1.29 is 0 Å². The van der Waals surface area contributed by atoms with Crippen LogP contribution in [0.3, 0.4) is 0 Å². The molecule has 0 aliphatic rings. The van der Waals surface area contributed by atoms with E-state index < -0.39 is 0 Å². The third-order valence-corrected chi connectivity index (χ3v) is 4.11. The third kappa shape index (κ3) is 5.09. The van der Waals surface area contributed by atoms with Crippen molar-refractivity contribution in [2.75, 3.05) is 10.9 Å². The van der Waals surface area contributed by atoms with Crippen LogP contribution in [-0.2, 0) is 0 Å². The maximum atomic E-state index is 6.08. The van der Waals surface area contributed by atoms with Crippen molar-refractivity contribution in [1.82, 2.24) is 0 Å². The van der Waals surface area contributed by atoms with Gasteiger partial charge in [-0.3, -0.25) is 10.9 Å². The lowest BCUT2D eigenvalue weighted by atomic mass is 10.1. The lowest BCUT2D eigenvalue weighted by Gasteiger charge is -2.03. The molecule has 0 aliphatic carbocycles. The fourth-order valence-corrected chi connectivity index (χ4v) is 2.53. The lowest BCUT2D eigenvalue weighted by Crippen LogP contribution is -1.94. The summed E-state index contributed by atoms with van der Waals surface area (Å²) in [6.07, 6.45) is 3.45. The first-order valence-corrected chi connectivity index (χ1v) is 8.65. The van der Waals surface area contributed by atoms with Gasteiger partial charge in [-0.1, -0.05) is 65.7 Å². The fraction of sp³-hybridized carbons (Fsp3) is 0. The number of anilines is 2. The molecule has 0 spiro atoms. The first-order valence-electron chi connectivity index (χ1n) is 7.89. The molecule has 0 bridgehead atoms. The minimum absolute atomic E-state index is 0.621. The zero-order valence-electron chi connectivity index (χ0n) is 13.7. The Kier molecular flexibility index (Phi) is 6.25. The monoisotopic (exact) mass is 382 g/mol. The van der Waals surface area contributed by atoms with Gasteiger partial charge >= 0.3 is 0 Å². The van der Waals surface area contributed by atoms with E-state index >= 15 is 0 Å². The van der Waals surface area contributed by atoms with Gasteiger partial charge in [-0.05, 0) is 41.5 Å². The van der Waals surface area contributed by atoms with Crippen LogP contribution in [-0.4, -0.2) is 12.4 Å². The topological polar surface area (TPSA) is 48.8 Å². The van der Waals surface area contributed by atoms with E-state index in [-0.39, 0.29) is 0 Å². The highest BCUT2D eigenvalue weighted by atomic mass is 35.5. The van der Waals surface area contributed by atoms with Crippen LogP contribution in [0.1, 0.15) is 11.1 Å². The number of rotatable bonds is 6. The molecule has 0 aromatic heterocycles. The lowest BCUT2D eigenvalue weighted by molar-refractivity contribution is 1.34. The van der Waals surface area contributed by atoms with Gasteiger partial charge in [0.1, 0.15) is 0 Å². The van der Waals surface area contributed by atoms with Crippen LogP contribution in [0.15, 0.2) is 83.0 Å². The Hall–Kier alpha value is -2.82. The Balaban J connectivity index is 1.63. The van der Waals surface area contributed by atoms with Crippen molar-refractivity contribution in [3.8, 4) is 0 Å². The van der Waals surface area contributed by atoms with E-state index in [1.165, 1.54) is 0 Å². The second kappa shape index (κ2) is 9.04.